The monoisotopic (exact) mass is 636 g/mol. The Balaban J connectivity index is 1.76. The van der Waals surface area contributed by atoms with Gasteiger partial charge in [0, 0.05) is 6.54 Å². The molecule has 1 N–H and O–H groups in total. The minimum absolute atomic E-state index is 0.0220. The lowest BCUT2D eigenvalue weighted by Crippen LogP contribution is -2.23. The van der Waals surface area contributed by atoms with Crippen LogP contribution in [0.3, 0.4) is 0 Å². The Bertz CT molecular complexity index is 1300. The fourth-order valence-electron chi connectivity index (χ4n) is 3.20. The van der Waals surface area contributed by atoms with Gasteiger partial charge in [-0.2, -0.15) is 5.26 Å². The number of nitrogens with one attached hydrogen (secondary N) is 1. The van der Waals surface area contributed by atoms with Crippen LogP contribution in [0, 0.1) is 14.9 Å². The first-order chi connectivity index (χ1) is 17.3. The van der Waals surface area contributed by atoms with Crippen molar-refractivity contribution < 1.29 is 19.0 Å². The molecule has 1 amide bonds. The maximum absolute atomic E-state index is 12.6. The van der Waals surface area contributed by atoms with Crippen LogP contribution in [0.1, 0.15) is 23.6 Å². The zero-order valence-electron chi connectivity index (χ0n) is 19.6. The Morgan fingerprint density at radius 1 is 1.06 bits per heavy atom. The van der Waals surface area contributed by atoms with E-state index in [9.17, 15) is 10.1 Å². The van der Waals surface area contributed by atoms with Crippen LogP contribution in [0.4, 0.5) is 0 Å². The number of benzene rings is 3. The van der Waals surface area contributed by atoms with E-state index in [1.54, 1.807) is 25.3 Å². The average Bonchev–Trinajstić information content (AvgIpc) is 2.87. The highest BCUT2D eigenvalue weighted by molar-refractivity contribution is 14.1. The number of halogens is 3. The molecule has 3 rings (SSSR count). The van der Waals surface area contributed by atoms with Crippen LogP contribution in [0.25, 0.3) is 6.08 Å². The summed E-state index contributed by atoms with van der Waals surface area (Å²) in [5.41, 5.74) is 2.36. The van der Waals surface area contributed by atoms with Crippen molar-refractivity contribution in [2.24, 2.45) is 0 Å². The summed E-state index contributed by atoms with van der Waals surface area (Å²) < 4.78 is 17.7. The van der Waals surface area contributed by atoms with Crippen molar-refractivity contribution in [3.8, 4) is 23.3 Å². The van der Waals surface area contributed by atoms with Gasteiger partial charge in [0.1, 0.15) is 24.0 Å². The Morgan fingerprint density at radius 3 is 2.42 bits per heavy atom. The van der Waals surface area contributed by atoms with E-state index in [1.165, 1.54) is 6.08 Å². The van der Waals surface area contributed by atoms with E-state index in [0.717, 1.165) is 20.4 Å². The highest BCUT2D eigenvalue weighted by Gasteiger charge is 2.15. The van der Waals surface area contributed by atoms with Crippen molar-refractivity contribution in [3.05, 3.63) is 90.5 Å². The zero-order chi connectivity index (χ0) is 26.1. The van der Waals surface area contributed by atoms with E-state index in [-0.39, 0.29) is 18.7 Å². The molecule has 0 atom stereocenters. The third kappa shape index (κ3) is 7.53. The van der Waals surface area contributed by atoms with Crippen LogP contribution < -0.4 is 19.5 Å². The second-order valence-corrected chi connectivity index (χ2v) is 9.48. The molecule has 0 aliphatic carbocycles. The minimum atomic E-state index is -0.471. The standard InChI is InChI=1S/C27H23Cl2IN2O4/c1-3-35-25-13-19(12-24(30)26(25)36-16-18-6-9-22(28)23(29)11-18)10-20(14-31)27(33)32-15-17-4-7-21(34-2)8-5-17/h4-13H,3,15-16H2,1-2H3,(H,32,33)/b20-10-. The smallest absolute Gasteiger partial charge is 0.262 e. The largest absolute Gasteiger partial charge is 0.497 e. The predicted octanol–water partition coefficient (Wildman–Crippen LogP) is 6.81. The maximum atomic E-state index is 12.6. The molecule has 0 bridgehead atoms. The number of amides is 1. The summed E-state index contributed by atoms with van der Waals surface area (Å²) in [6.07, 6.45) is 1.52. The second kappa shape index (κ2) is 13.4. The topological polar surface area (TPSA) is 80.6 Å². The number of carbonyl (C=O) groups is 1. The molecule has 0 fully saturated rings. The number of nitrogens with zero attached hydrogens (tertiary/aromatic N) is 1. The van der Waals surface area contributed by atoms with Crippen LogP contribution in [0.2, 0.25) is 10.0 Å². The van der Waals surface area contributed by atoms with Gasteiger partial charge in [-0.1, -0.05) is 41.4 Å². The first-order valence-electron chi connectivity index (χ1n) is 10.9. The molecule has 0 unspecified atom stereocenters. The van der Waals surface area contributed by atoms with Crippen LogP contribution in [-0.2, 0) is 17.9 Å². The quantitative estimate of drug-likeness (QED) is 0.150. The van der Waals surface area contributed by atoms with Crippen molar-refractivity contribution in [3.63, 3.8) is 0 Å². The lowest BCUT2D eigenvalue weighted by atomic mass is 10.1. The van der Waals surface area contributed by atoms with Gasteiger partial charge in [-0.25, -0.2) is 0 Å². The number of methoxy groups -OCH3 is 1. The lowest BCUT2D eigenvalue weighted by molar-refractivity contribution is -0.117. The summed E-state index contributed by atoms with van der Waals surface area (Å²) in [5, 5.41) is 13.3. The molecule has 0 aromatic heterocycles. The summed E-state index contributed by atoms with van der Waals surface area (Å²) in [4.78, 5) is 12.6. The van der Waals surface area contributed by atoms with Gasteiger partial charge < -0.3 is 19.5 Å². The summed E-state index contributed by atoms with van der Waals surface area (Å²) in [7, 11) is 1.59. The predicted molar refractivity (Wildman–Crippen MR) is 150 cm³/mol. The van der Waals surface area contributed by atoms with E-state index >= 15 is 0 Å². The molecule has 0 saturated heterocycles. The van der Waals surface area contributed by atoms with Crippen molar-refractivity contribution in [2.75, 3.05) is 13.7 Å². The summed E-state index contributed by atoms with van der Waals surface area (Å²) >= 11 is 14.2. The lowest BCUT2D eigenvalue weighted by Gasteiger charge is -2.15. The number of ether oxygens (including phenoxy) is 3. The van der Waals surface area contributed by atoms with Gasteiger partial charge >= 0.3 is 0 Å². The number of carbonyl (C=O) groups excluding carboxylic acids is 1. The molecule has 3 aromatic rings. The Labute approximate surface area is 233 Å². The van der Waals surface area contributed by atoms with E-state index in [4.69, 9.17) is 37.4 Å². The van der Waals surface area contributed by atoms with E-state index < -0.39 is 5.91 Å². The Hall–Kier alpha value is -2.93. The molecular weight excluding hydrogens is 614 g/mol. The first-order valence-corrected chi connectivity index (χ1v) is 12.7. The highest BCUT2D eigenvalue weighted by atomic mass is 127. The first kappa shape index (κ1) is 27.7. The normalized spacial score (nSPS) is 10.9. The molecule has 0 radical (unpaired) electrons. The summed E-state index contributed by atoms with van der Waals surface area (Å²) in [6, 6.07) is 18.2. The molecule has 6 nitrogen and oxygen atoms in total. The highest BCUT2D eigenvalue weighted by Crippen LogP contribution is 2.36. The molecule has 0 spiro atoms. The van der Waals surface area contributed by atoms with Gasteiger partial charge in [0.25, 0.3) is 5.91 Å². The molecule has 0 aliphatic rings. The van der Waals surface area contributed by atoms with Crippen LogP contribution in [-0.4, -0.2) is 19.6 Å². The fourth-order valence-corrected chi connectivity index (χ4v) is 4.30. The van der Waals surface area contributed by atoms with Crippen LogP contribution >= 0.6 is 45.8 Å². The average molecular weight is 637 g/mol. The number of hydrogen-bond acceptors (Lipinski definition) is 5. The molecule has 3 aromatic carbocycles. The molecule has 0 saturated carbocycles. The van der Waals surface area contributed by atoms with Crippen molar-refractivity contribution in [1.29, 1.82) is 5.26 Å². The van der Waals surface area contributed by atoms with E-state index in [0.29, 0.717) is 33.7 Å². The molecule has 36 heavy (non-hydrogen) atoms. The van der Waals surface area contributed by atoms with Crippen LogP contribution in [0.5, 0.6) is 17.2 Å². The SMILES string of the molecule is CCOc1cc(/C=C(/C#N)C(=O)NCc2ccc(OC)cc2)cc(I)c1OCc1ccc(Cl)c(Cl)c1. The molecule has 186 valence electrons. The van der Waals surface area contributed by atoms with Gasteiger partial charge in [-0.3, -0.25) is 4.79 Å². The Morgan fingerprint density at radius 2 is 1.78 bits per heavy atom. The van der Waals surface area contributed by atoms with Gasteiger partial charge in [-0.15, -0.1) is 0 Å². The van der Waals surface area contributed by atoms with Gasteiger partial charge in [0.05, 0.1) is 27.3 Å². The van der Waals surface area contributed by atoms with Crippen molar-refractivity contribution in [1.82, 2.24) is 5.32 Å². The summed E-state index contributed by atoms with van der Waals surface area (Å²) in [5.74, 6) is 1.32. The zero-order valence-corrected chi connectivity index (χ0v) is 23.3. The fraction of sp³-hybridized carbons (Fsp3) is 0.185. The van der Waals surface area contributed by atoms with Crippen molar-refractivity contribution in [2.45, 2.75) is 20.1 Å². The third-order valence-electron chi connectivity index (χ3n) is 4.99. The summed E-state index contributed by atoms with van der Waals surface area (Å²) in [6.45, 7) is 2.83. The maximum Gasteiger partial charge on any atom is 0.262 e. The van der Waals surface area contributed by atoms with Gasteiger partial charge in [0.2, 0.25) is 0 Å². The Kier molecular flexibility index (Phi) is 10.3. The molecular formula is C27H23Cl2IN2O4. The van der Waals surface area contributed by atoms with Gasteiger partial charge in [0.15, 0.2) is 11.5 Å². The van der Waals surface area contributed by atoms with Gasteiger partial charge in [-0.05, 0) is 88.7 Å². The molecule has 9 heteroatoms. The number of nitriles is 1. The minimum Gasteiger partial charge on any atom is -0.497 e. The van der Waals surface area contributed by atoms with E-state index in [1.807, 2.05) is 49.4 Å². The molecule has 0 heterocycles. The van der Waals surface area contributed by atoms with E-state index in [2.05, 4.69) is 27.9 Å². The molecule has 0 aliphatic heterocycles. The second-order valence-electron chi connectivity index (χ2n) is 7.50. The third-order valence-corrected chi connectivity index (χ3v) is 6.53. The van der Waals surface area contributed by atoms with Crippen LogP contribution in [0.15, 0.2) is 60.2 Å². The number of hydrogen-bond donors (Lipinski definition) is 1. The number of rotatable bonds is 10. The van der Waals surface area contributed by atoms with Crippen molar-refractivity contribution >= 4 is 57.8 Å².